The van der Waals surface area contributed by atoms with Crippen molar-refractivity contribution in [2.45, 2.75) is 31.6 Å². The Hall–Kier alpha value is -0.750. The fourth-order valence-electron chi connectivity index (χ4n) is 1.28. The van der Waals surface area contributed by atoms with Gasteiger partial charge in [0.25, 0.3) is 0 Å². The number of hydrogen-bond donors (Lipinski definition) is 0. The summed E-state index contributed by atoms with van der Waals surface area (Å²) in [5.41, 5.74) is 0. The molecule has 1 fully saturated rings. The molecule has 0 aromatic carbocycles. The minimum absolute atomic E-state index is 0.287. The molecule has 0 aliphatic heterocycles. The highest BCUT2D eigenvalue weighted by Crippen LogP contribution is 2.43. The Morgan fingerprint density at radius 1 is 1.07 bits per heavy atom. The molecule has 7 heteroatoms. The largest absolute Gasteiger partial charge is 0.407 e. The summed E-state index contributed by atoms with van der Waals surface area (Å²) in [4.78, 5) is 10.8. The average molecular weight is 234 g/mol. The second kappa shape index (κ2) is 3.68. The van der Waals surface area contributed by atoms with E-state index in [0.717, 1.165) is 0 Å². The summed E-state index contributed by atoms with van der Waals surface area (Å²) in [7, 11) is 0. The zero-order chi connectivity index (χ0) is 11.9. The van der Waals surface area contributed by atoms with Gasteiger partial charge < -0.3 is 0 Å². The fraction of sp³-hybridized carbons (Fsp3) is 0.875. The van der Waals surface area contributed by atoms with Crippen molar-refractivity contribution >= 4 is 5.78 Å². The van der Waals surface area contributed by atoms with Crippen LogP contribution in [0.25, 0.3) is 0 Å². The lowest BCUT2D eigenvalue weighted by Crippen LogP contribution is -2.42. The van der Waals surface area contributed by atoms with Crippen molar-refractivity contribution in [2.75, 3.05) is 0 Å². The quantitative estimate of drug-likeness (QED) is 0.686. The van der Waals surface area contributed by atoms with Crippen molar-refractivity contribution < 1.29 is 31.1 Å². The van der Waals surface area contributed by atoms with Crippen molar-refractivity contribution in [1.29, 1.82) is 0 Å². The maximum atomic E-state index is 12.0. The summed E-state index contributed by atoms with van der Waals surface area (Å²) >= 11 is 0. The number of Topliss-reactive ketones (excluding diaryl/α,β-unsaturated/α-hetero) is 1. The lowest BCUT2D eigenvalue weighted by Gasteiger charge is -2.21. The molecule has 0 saturated heterocycles. The third-order valence-corrected chi connectivity index (χ3v) is 2.16. The number of carbonyl (C=O) groups is 1. The van der Waals surface area contributed by atoms with Gasteiger partial charge in [0.15, 0.2) is 5.78 Å². The van der Waals surface area contributed by atoms with E-state index in [2.05, 4.69) is 0 Å². The zero-order valence-corrected chi connectivity index (χ0v) is 7.45. The zero-order valence-electron chi connectivity index (χ0n) is 7.45. The first kappa shape index (κ1) is 12.3. The smallest absolute Gasteiger partial charge is 0.299 e. The van der Waals surface area contributed by atoms with Gasteiger partial charge in [-0.2, -0.15) is 26.3 Å². The van der Waals surface area contributed by atoms with E-state index in [9.17, 15) is 31.1 Å². The first-order valence-electron chi connectivity index (χ1n) is 4.28. The van der Waals surface area contributed by atoms with Crippen LogP contribution in [0, 0.1) is 11.8 Å². The molecule has 0 aromatic heterocycles. The summed E-state index contributed by atoms with van der Waals surface area (Å²) < 4.78 is 72.0. The van der Waals surface area contributed by atoms with E-state index < -0.39 is 30.5 Å². The molecule has 0 amide bonds. The lowest BCUT2D eigenvalue weighted by molar-refractivity contribution is -0.273. The topological polar surface area (TPSA) is 17.1 Å². The molecular formula is C8H8F6O. The van der Waals surface area contributed by atoms with Crippen molar-refractivity contribution in [2.24, 2.45) is 11.8 Å². The SMILES string of the molecule is O=C(CC1CC1)C(C(F)(F)F)C(F)(F)F. The van der Waals surface area contributed by atoms with Gasteiger partial charge in [-0.25, -0.2) is 0 Å². The van der Waals surface area contributed by atoms with Crippen LogP contribution in [-0.2, 0) is 4.79 Å². The van der Waals surface area contributed by atoms with Gasteiger partial charge in [0, 0.05) is 6.42 Å². The molecule has 0 aromatic rings. The van der Waals surface area contributed by atoms with Crippen molar-refractivity contribution in [3.63, 3.8) is 0 Å². The van der Waals surface area contributed by atoms with Crippen LogP contribution in [0.5, 0.6) is 0 Å². The standard InChI is InChI=1S/C8H8F6O/c9-7(10,11)6(8(12,13)14)5(15)3-4-1-2-4/h4,6H,1-3H2. The molecule has 88 valence electrons. The van der Waals surface area contributed by atoms with Crippen molar-refractivity contribution in [3.05, 3.63) is 0 Å². The third-order valence-electron chi connectivity index (χ3n) is 2.16. The van der Waals surface area contributed by atoms with Gasteiger partial charge in [-0.3, -0.25) is 4.79 Å². The predicted octanol–water partition coefficient (Wildman–Crippen LogP) is 3.10. The van der Waals surface area contributed by atoms with Gasteiger partial charge in [0.05, 0.1) is 0 Å². The average Bonchev–Trinajstić information content (AvgIpc) is 2.62. The van der Waals surface area contributed by atoms with E-state index in [4.69, 9.17) is 0 Å². The summed E-state index contributed by atoms with van der Waals surface area (Å²) in [6.45, 7) is 0. The molecule has 0 unspecified atom stereocenters. The monoisotopic (exact) mass is 234 g/mol. The van der Waals surface area contributed by atoms with E-state index in [1.54, 1.807) is 0 Å². The lowest BCUT2D eigenvalue weighted by atomic mass is 9.98. The van der Waals surface area contributed by atoms with Crippen molar-refractivity contribution in [1.82, 2.24) is 0 Å². The van der Waals surface area contributed by atoms with E-state index >= 15 is 0 Å². The van der Waals surface area contributed by atoms with E-state index in [1.807, 2.05) is 0 Å². The Morgan fingerprint density at radius 2 is 1.47 bits per heavy atom. The third kappa shape index (κ3) is 3.39. The van der Waals surface area contributed by atoms with Crippen LogP contribution in [0.3, 0.4) is 0 Å². The van der Waals surface area contributed by atoms with E-state index in [0.29, 0.717) is 12.8 Å². The maximum absolute atomic E-state index is 12.0. The van der Waals surface area contributed by atoms with Crippen LogP contribution in [0.2, 0.25) is 0 Å². The van der Waals surface area contributed by atoms with Crippen LogP contribution >= 0.6 is 0 Å². The summed E-state index contributed by atoms with van der Waals surface area (Å²) in [6, 6.07) is 0. The van der Waals surface area contributed by atoms with E-state index in [1.165, 1.54) is 0 Å². The minimum atomic E-state index is -5.54. The molecule has 1 aliphatic rings. The Labute approximate surface area is 81.4 Å². The van der Waals surface area contributed by atoms with Crippen LogP contribution in [0.1, 0.15) is 19.3 Å². The molecule has 0 N–H and O–H groups in total. The Morgan fingerprint density at radius 3 is 1.73 bits per heavy atom. The minimum Gasteiger partial charge on any atom is -0.299 e. The Kier molecular flexibility index (Phi) is 3.02. The molecule has 1 aliphatic carbocycles. The molecule has 0 atom stereocenters. The molecule has 0 radical (unpaired) electrons. The van der Waals surface area contributed by atoms with Crippen molar-refractivity contribution in [3.8, 4) is 0 Å². The number of hydrogen-bond acceptors (Lipinski definition) is 1. The fourth-order valence-corrected chi connectivity index (χ4v) is 1.28. The Bertz CT molecular complexity index is 235. The van der Waals surface area contributed by atoms with Gasteiger partial charge in [-0.15, -0.1) is 0 Å². The predicted molar refractivity (Wildman–Crippen MR) is 37.9 cm³/mol. The summed E-state index contributed by atoms with van der Waals surface area (Å²) in [5, 5.41) is 0. The number of halogens is 6. The van der Waals surface area contributed by atoms with Crippen LogP contribution < -0.4 is 0 Å². The first-order chi connectivity index (χ1) is 6.62. The van der Waals surface area contributed by atoms with Gasteiger partial charge in [0.2, 0.25) is 5.92 Å². The molecule has 0 heterocycles. The van der Waals surface area contributed by atoms with Gasteiger partial charge in [0.1, 0.15) is 0 Å². The molecule has 15 heavy (non-hydrogen) atoms. The highest BCUT2D eigenvalue weighted by molar-refractivity contribution is 5.83. The number of rotatable bonds is 3. The van der Waals surface area contributed by atoms with Gasteiger partial charge in [-0.1, -0.05) is 0 Å². The maximum Gasteiger partial charge on any atom is 0.407 e. The Balaban J connectivity index is 2.75. The molecular weight excluding hydrogens is 226 g/mol. The van der Waals surface area contributed by atoms with E-state index in [-0.39, 0.29) is 5.92 Å². The highest BCUT2D eigenvalue weighted by Gasteiger charge is 2.60. The van der Waals surface area contributed by atoms with Crippen LogP contribution in [0.4, 0.5) is 26.3 Å². The van der Waals surface area contributed by atoms with Gasteiger partial charge in [-0.05, 0) is 18.8 Å². The van der Waals surface area contributed by atoms with Crippen LogP contribution in [0.15, 0.2) is 0 Å². The molecule has 1 saturated carbocycles. The number of carbonyl (C=O) groups excluding carboxylic acids is 1. The summed E-state index contributed by atoms with van der Waals surface area (Å²) in [5.74, 6) is -5.87. The van der Waals surface area contributed by atoms with Gasteiger partial charge >= 0.3 is 12.4 Å². The van der Waals surface area contributed by atoms with Crippen LogP contribution in [-0.4, -0.2) is 18.1 Å². The molecule has 0 spiro atoms. The summed E-state index contributed by atoms with van der Waals surface area (Å²) in [6.07, 6.45) is -10.6. The second-order valence-electron chi connectivity index (χ2n) is 3.63. The second-order valence-corrected chi connectivity index (χ2v) is 3.63. The molecule has 0 bridgehead atoms. The highest BCUT2D eigenvalue weighted by atomic mass is 19.4. The normalized spacial score (nSPS) is 18.3. The number of ketones is 1. The molecule has 1 rings (SSSR count). The molecule has 1 nitrogen and oxygen atoms in total. The number of alkyl halides is 6. The first-order valence-corrected chi connectivity index (χ1v) is 4.28.